The molecule has 2 aromatic rings. The Bertz CT molecular complexity index is 616. The van der Waals surface area contributed by atoms with E-state index in [0.717, 1.165) is 16.9 Å². The smallest absolute Gasteiger partial charge is 0.490 e. The van der Waals surface area contributed by atoms with Crippen LogP contribution < -0.4 is 9.47 Å². The van der Waals surface area contributed by atoms with E-state index in [9.17, 15) is 13.2 Å². The van der Waals surface area contributed by atoms with Gasteiger partial charge in [0, 0.05) is 0 Å². The molecule has 1 radical (unpaired) electrons. The summed E-state index contributed by atoms with van der Waals surface area (Å²) < 4.78 is 45.5. The molecule has 0 unspecified atom stereocenters. The first-order chi connectivity index (χ1) is 11.0. The van der Waals surface area contributed by atoms with E-state index in [1.807, 2.05) is 30.7 Å². The summed E-state index contributed by atoms with van der Waals surface area (Å²) in [6, 6.07) is 13.4. The van der Waals surface area contributed by atoms with Crippen LogP contribution in [0.2, 0.25) is 0 Å². The molecule has 2 aromatic carbocycles. The molecule has 0 N–H and O–H groups in total. The fourth-order valence-corrected chi connectivity index (χ4v) is 1.92. The van der Waals surface area contributed by atoms with Gasteiger partial charge in [0.25, 0.3) is 0 Å². The van der Waals surface area contributed by atoms with Crippen molar-refractivity contribution in [1.29, 1.82) is 0 Å². The van der Waals surface area contributed by atoms with Gasteiger partial charge in [0.1, 0.15) is 18.1 Å². The Kier molecular flexibility index (Phi) is 5.68. The maximum absolute atomic E-state index is 12.1. The van der Waals surface area contributed by atoms with Crippen molar-refractivity contribution >= 4 is 0 Å². The highest BCUT2D eigenvalue weighted by molar-refractivity contribution is 5.34. The monoisotopic (exact) mass is 321 g/mol. The van der Waals surface area contributed by atoms with Crippen LogP contribution in [-0.2, 0) is 6.42 Å². The minimum Gasteiger partial charge on any atom is -0.490 e. The maximum Gasteiger partial charge on any atom is 0.573 e. The van der Waals surface area contributed by atoms with E-state index in [1.54, 1.807) is 18.2 Å². The molecule has 0 aromatic heterocycles. The van der Waals surface area contributed by atoms with Crippen LogP contribution in [0.15, 0.2) is 61.2 Å². The Morgan fingerprint density at radius 2 is 1.52 bits per heavy atom. The van der Waals surface area contributed by atoms with Gasteiger partial charge < -0.3 is 9.47 Å². The highest BCUT2D eigenvalue weighted by atomic mass is 19.4. The second kappa shape index (κ2) is 7.72. The summed E-state index contributed by atoms with van der Waals surface area (Å²) in [7, 11) is 0. The van der Waals surface area contributed by atoms with Crippen molar-refractivity contribution < 1.29 is 22.6 Å². The Labute approximate surface area is 133 Å². The number of ether oxygens (including phenoxy) is 2. The van der Waals surface area contributed by atoms with E-state index in [-0.39, 0.29) is 5.75 Å². The third kappa shape index (κ3) is 6.06. The van der Waals surface area contributed by atoms with Crippen molar-refractivity contribution in [2.45, 2.75) is 12.8 Å². The fraction of sp³-hybridized carbons (Fsp3) is 0.167. The van der Waals surface area contributed by atoms with Crippen molar-refractivity contribution in [2.75, 3.05) is 6.61 Å². The summed E-state index contributed by atoms with van der Waals surface area (Å²) in [6.45, 7) is 4.03. The zero-order valence-electron chi connectivity index (χ0n) is 12.3. The lowest BCUT2D eigenvalue weighted by atomic mass is 10.0. The standard InChI is InChI=1S/C18H16F3O2/c1-2-13-22-16-9-5-14(6-10-16)3-4-15-7-11-17(12-8-15)23-18(19,20)21/h2-3,5-12H,1,4,13H2. The third-order valence-electron chi connectivity index (χ3n) is 2.98. The third-order valence-corrected chi connectivity index (χ3v) is 2.98. The quantitative estimate of drug-likeness (QED) is 0.672. The lowest BCUT2D eigenvalue weighted by Crippen LogP contribution is -2.17. The maximum atomic E-state index is 12.1. The second-order valence-corrected chi connectivity index (χ2v) is 4.77. The molecule has 0 atom stereocenters. The normalized spacial score (nSPS) is 11.1. The SMILES string of the molecule is C=CCOc1ccc([CH]Cc2ccc(OC(F)(F)F)cc2)cc1. The average Bonchev–Trinajstić information content (AvgIpc) is 2.52. The van der Waals surface area contributed by atoms with E-state index in [0.29, 0.717) is 13.0 Å². The molecule has 23 heavy (non-hydrogen) atoms. The van der Waals surface area contributed by atoms with Crippen molar-refractivity contribution in [3.05, 3.63) is 78.7 Å². The van der Waals surface area contributed by atoms with Gasteiger partial charge in [0.05, 0.1) is 0 Å². The molecule has 0 spiro atoms. The minimum atomic E-state index is -4.66. The number of rotatable bonds is 7. The van der Waals surface area contributed by atoms with Gasteiger partial charge in [0.2, 0.25) is 0 Å². The van der Waals surface area contributed by atoms with E-state index >= 15 is 0 Å². The molecule has 121 valence electrons. The molecule has 0 aliphatic carbocycles. The summed E-state index contributed by atoms with van der Waals surface area (Å²) in [5, 5.41) is 0. The zero-order valence-corrected chi connectivity index (χ0v) is 12.3. The highest BCUT2D eigenvalue weighted by Gasteiger charge is 2.30. The number of hydrogen-bond acceptors (Lipinski definition) is 2. The summed E-state index contributed by atoms with van der Waals surface area (Å²) in [6.07, 6.45) is -0.398. The van der Waals surface area contributed by atoms with Gasteiger partial charge in [-0.3, -0.25) is 0 Å². The van der Waals surface area contributed by atoms with Crippen LogP contribution in [0.1, 0.15) is 11.1 Å². The number of hydrogen-bond donors (Lipinski definition) is 0. The predicted octanol–water partition coefficient (Wildman–Crippen LogP) is 4.95. The van der Waals surface area contributed by atoms with Crippen LogP contribution in [0, 0.1) is 6.42 Å². The van der Waals surface area contributed by atoms with Gasteiger partial charge in [-0.2, -0.15) is 0 Å². The van der Waals surface area contributed by atoms with Crippen molar-refractivity contribution in [2.24, 2.45) is 0 Å². The number of benzene rings is 2. The Morgan fingerprint density at radius 1 is 0.913 bits per heavy atom. The number of alkyl halides is 3. The zero-order chi connectivity index (χ0) is 16.7. The van der Waals surface area contributed by atoms with Crippen molar-refractivity contribution in [3.63, 3.8) is 0 Å². The summed E-state index contributed by atoms with van der Waals surface area (Å²) in [5.74, 6) is 0.542. The second-order valence-electron chi connectivity index (χ2n) is 4.77. The minimum absolute atomic E-state index is 0.218. The molecule has 2 rings (SSSR count). The van der Waals surface area contributed by atoms with Gasteiger partial charge in [-0.05, 0) is 48.2 Å². The van der Waals surface area contributed by atoms with Crippen LogP contribution in [0.25, 0.3) is 0 Å². The van der Waals surface area contributed by atoms with Crippen molar-refractivity contribution in [3.8, 4) is 11.5 Å². The van der Waals surface area contributed by atoms with E-state index in [1.165, 1.54) is 12.1 Å². The highest BCUT2D eigenvalue weighted by Crippen LogP contribution is 2.23. The first-order valence-electron chi connectivity index (χ1n) is 6.98. The summed E-state index contributed by atoms with van der Waals surface area (Å²) >= 11 is 0. The summed E-state index contributed by atoms with van der Waals surface area (Å²) in [4.78, 5) is 0. The molecule has 0 aliphatic heterocycles. The molecule has 0 amide bonds. The Hall–Kier alpha value is -2.43. The number of halogens is 3. The van der Waals surface area contributed by atoms with Crippen LogP contribution in [-0.4, -0.2) is 13.0 Å². The molecule has 0 bridgehead atoms. The van der Waals surface area contributed by atoms with Crippen LogP contribution >= 0.6 is 0 Å². The van der Waals surface area contributed by atoms with Crippen LogP contribution in [0.3, 0.4) is 0 Å². The topological polar surface area (TPSA) is 18.5 Å². The van der Waals surface area contributed by atoms with Crippen molar-refractivity contribution in [1.82, 2.24) is 0 Å². The average molecular weight is 321 g/mol. The fourth-order valence-electron chi connectivity index (χ4n) is 1.92. The van der Waals surface area contributed by atoms with Gasteiger partial charge >= 0.3 is 6.36 Å². The van der Waals surface area contributed by atoms with E-state index in [4.69, 9.17) is 4.74 Å². The molecule has 5 heteroatoms. The molecule has 0 aliphatic rings. The molecular weight excluding hydrogens is 305 g/mol. The molecular formula is C18H16F3O2. The predicted molar refractivity (Wildman–Crippen MR) is 82.4 cm³/mol. The molecule has 0 saturated carbocycles. The van der Waals surface area contributed by atoms with Gasteiger partial charge in [-0.1, -0.05) is 36.9 Å². The molecule has 0 saturated heterocycles. The first-order valence-corrected chi connectivity index (χ1v) is 6.98. The Morgan fingerprint density at radius 3 is 2.09 bits per heavy atom. The Balaban J connectivity index is 1.86. The van der Waals surface area contributed by atoms with Gasteiger partial charge in [0.15, 0.2) is 0 Å². The first kappa shape index (κ1) is 16.9. The molecule has 0 heterocycles. The largest absolute Gasteiger partial charge is 0.573 e. The molecule has 2 nitrogen and oxygen atoms in total. The molecule has 0 fully saturated rings. The lowest BCUT2D eigenvalue weighted by Gasteiger charge is -2.09. The van der Waals surface area contributed by atoms with Crippen LogP contribution in [0.4, 0.5) is 13.2 Å². The van der Waals surface area contributed by atoms with Gasteiger partial charge in [-0.25, -0.2) is 0 Å². The lowest BCUT2D eigenvalue weighted by molar-refractivity contribution is -0.274. The van der Waals surface area contributed by atoms with E-state index < -0.39 is 6.36 Å². The van der Waals surface area contributed by atoms with Crippen LogP contribution in [0.5, 0.6) is 11.5 Å². The summed E-state index contributed by atoms with van der Waals surface area (Å²) in [5.41, 5.74) is 1.90. The van der Waals surface area contributed by atoms with E-state index in [2.05, 4.69) is 11.3 Å². The van der Waals surface area contributed by atoms with Gasteiger partial charge in [-0.15, -0.1) is 13.2 Å².